The first-order chi connectivity index (χ1) is 10.6. The molecule has 0 amide bonds. The number of para-hydroxylation sites is 1. The summed E-state index contributed by atoms with van der Waals surface area (Å²) in [5.74, 6) is 2.11. The predicted octanol–water partition coefficient (Wildman–Crippen LogP) is 4.26. The molecule has 0 bridgehead atoms. The van der Waals surface area contributed by atoms with Crippen LogP contribution in [-0.2, 0) is 0 Å². The second-order valence-electron chi connectivity index (χ2n) is 5.01. The third-order valence-electron chi connectivity index (χ3n) is 3.56. The molecule has 1 aliphatic heterocycles. The van der Waals surface area contributed by atoms with Crippen molar-refractivity contribution in [1.29, 1.82) is 0 Å². The molecule has 0 spiro atoms. The minimum atomic E-state index is -0.108. The van der Waals surface area contributed by atoms with E-state index in [2.05, 4.69) is 0 Å². The van der Waals surface area contributed by atoms with Crippen LogP contribution in [0.4, 0.5) is 0 Å². The molecule has 23 heavy (non-hydrogen) atoms. The Bertz CT molecular complexity index is 775. The van der Waals surface area contributed by atoms with E-state index in [1.807, 2.05) is 31.2 Å². The van der Waals surface area contributed by atoms with Crippen molar-refractivity contribution < 1.29 is 19.0 Å². The lowest BCUT2D eigenvalue weighted by atomic mass is 10.1. The van der Waals surface area contributed by atoms with E-state index in [1.165, 1.54) is 0 Å². The summed E-state index contributed by atoms with van der Waals surface area (Å²) in [4.78, 5) is 12.3. The molecule has 0 unspecified atom stereocenters. The van der Waals surface area contributed by atoms with Crippen LogP contribution in [0.1, 0.15) is 28.9 Å². The number of carbonyl (C=O) groups is 1. The van der Waals surface area contributed by atoms with Crippen LogP contribution in [0.2, 0.25) is 0 Å². The minimum Gasteiger partial charge on any atom is -0.493 e. The van der Waals surface area contributed by atoms with Crippen LogP contribution in [0.3, 0.4) is 0 Å². The zero-order valence-corrected chi connectivity index (χ0v) is 12.7. The Kier molecular flexibility index (Phi) is 4.74. The molecule has 0 aromatic heterocycles. The molecule has 2 aromatic carbocycles. The topological polar surface area (TPSA) is 44.8 Å². The molecule has 0 aliphatic carbocycles. The number of benzene rings is 2. The highest BCUT2D eigenvalue weighted by molar-refractivity contribution is 6.14. The van der Waals surface area contributed by atoms with Crippen LogP contribution >= 0.6 is 0 Å². The third-order valence-corrected chi connectivity index (χ3v) is 3.56. The molecular formula is C19H20O4. The summed E-state index contributed by atoms with van der Waals surface area (Å²) >= 11 is 0. The molecule has 4 nitrogen and oxygen atoms in total. The van der Waals surface area contributed by atoms with Crippen molar-refractivity contribution in [2.45, 2.75) is 14.4 Å². The van der Waals surface area contributed by atoms with Gasteiger partial charge in [-0.1, -0.05) is 19.6 Å². The molecule has 0 radical (unpaired) electrons. The summed E-state index contributed by atoms with van der Waals surface area (Å²) in [7, 11) is 3.19. The molecule has 0 saturated carbocycles. The van der Waals surface area contributed by atoms with E-state index in [0.717, 1.165) is 11.1 Å². The van der Waals surface area contributed by atoms with Crippen molar-refractivity contribution >= 4 is 11.9 Å². The molecule has 1 heterocycles. The number of hydrogen-bond donors (Lipinski definition) is 0. The lowest BCUT2D eigenvalue weighted by molar-refractivity contribution is 0.101. The van der Waals surface area contributed by atoms with Crippen molar-refractivity contribution in [3.63, 3.8) is 0 Å². The van der Waals surface area contributed by atoms with Gasteiger partial charge in [0.05, 0.1) is 19.8 Å². The second kappa shape index (κ2) is 6.57. The number of rotatable bonds is 3. The van der Waals surface area contributed by atoms with Gasteiger partial charge in [-0.2, -0.15) is 0 Å². The Hall–Kier alpha value is -2.75. The fourth-order valence-electron chi connectivity index (χ4n) is 2.55. The van der Waals surface area contributed by atoms with Gasteiger partial charge < -0.3 is 14.2 Å². The average Bonchev–Trinajstić information content (AvgIpc) is 2.83. The first kappa shape index (κ1) is 16.6. The van der Waals surface area contributed by atoms with Gasteiger partial charge in [-0.05, 0) is 48.4 Å². The van der Waals surface area contributed by atoms with E-state index >= 15 is 0 Å². The summed E-state index contributed by atoms with van der Waals surface area (Å²) in [5.41, 5.74) is 2.34. The van der Waals surface area contributed by atoms with Crippen molar-refractivity contribution in [3.8, 4) is 17.2 Å². The number of Topliss-reactive ketones (excluding diaryl/α,β-unsaturated/α-hetero) is 1. The maximum Gasteiger partial charge on any atom is 0.231 e. The standard InChI is InChI=1S/C18H16O4.CH4/c1-11-8-12(10-16(20-2)18(11)21-3)9-15-17(19)13-6-4-5-7-14(13)22-15;/h4-10H,1-3H3;1H4/b15-9-;. The number of allylic oxidation sites excluding steroid dienone is 1. The van der Waals surface area contributed by atoms with E-state index in [-0.39, 0.29) is 13.2 Å². The lowest BCUT2D eigenvalue weighted by Gasteiger charge is -2.11. The van der Waals surface area contributed by atoms with Crippen molar-refractivity contribution in [2.24, 2.45) is 0 Å². The molecule has 1 aliphatic rings. The van der Waals surface area contributed by atoms with Gasteiger partial charge in [-0.3, -0.25) is 4.79 Å². The quantitative estimate of drug-likeness (QED) is 0.794. The van der Waals surface area contributed by atoms with Gasteiger partial charge >= 0.3 is 0 Å². The Balaban J connectivity index is 0.00000192. The average molecular weight is 312 g/mol. The first-order valence-corrected chi connectivity index (χ1v) is 6.90. The van der Waals surface area contributed by atoms with Crippen LogP contribution in [0, 0.1) is 6.92 Å². The summed E-state index contributed by atoms with van der Waals surface area (Å²) < 4.78 is 16.3. The molecule has 4 heteroatoms. The lowest BCUT2D eigenvalue weighted by Crippen LogP contribution is -1.99. The Labute approximate surface area is 136 Å². The predicted molar refractivity (Wildman–Crippen MR) is 90.4 cm³/mol. The summed E-state index contributed by atoms with van der Waals surface area (Å²) in [5, 5.41) is 0. The van der Waals surface area contributed by atoms with Gasteiger partial charge in [0.2, 0.25) is 5.78 Å². The maximum absolute atomic E-state index is 12.3. The van der Waals surface area contributed by atoms with Gasteiger partial charge in [-0.25, -0.2) is 0 Å². The van der Waals surface area contributed by atoms with E-state index < -0.39 is 0 Å². The van der Waals surface area contributed by atoms with E-state index in [1.54, 1.807) is 32.4 Å². The molecule has 0 saturated heterocycles. The van der Waals surface area contributed by atoms with Crippen molar-refractivity contribution in [2.75, 3.05) is 14.2 Å². The Morgan fingerprint density at radius 1 is 1.09 bits per heavy atom. The highest BCUT2D eigenvalue weighted by Gasteiger charge is 2.26. The van der Waals surface area contributed by atoms with E-state index in [9.17, 15) is 4.79 Å². The molecule has 2 aromatic rings. The number of carbonyl (C=O) groups excluding carboxylic acids is 1. The van der Waals surface area contributed by atoms with Crippen LogP contribution in [0.15, 0.2) is 42.2 Å². The number of methoxy groups -OCH3 is 2. The smallest absolute Gasteiger partial charge is 0.231 e. The molecular weight excluding hydrogens is 292 g/mol. The normalized spacial score (nSPS) is 14.0. The van der Waals surface area contributed by atoms with Gasteiger partial charge in [0.1, 0.15) is 5.75 Å². The van der Waals surface area contributed by atoms with Crippen LogP contribution in [0.5, 0.6) is 17.2 Å². The van der Waals surface area contributed by atoms with Gasteiger partial charge in [-0.15, -0.1) is 0 Å². The molecule has 120 valence electrons. The zero-order valence-electron chi connectivity index (χ0n) is 12.7. The van der Waals surface area contributed by atoms with E-state index in [0.29, 0.717) is 28.6 Å². The van der Waals surface area contributed by atoms with Crippen molar-refractivity contribution in [1.82, 2.24) is 0 Å². The monoisotopic (exact) mass is 312 g/mol. The summed E-state index contributed by atoms with van der Waals surface area (Å²) in [6.45, 7) is 1.93. The summed E-state index contributed by atoms with van der Waals surface area (Å²) in [6, 6.07) is 11.0. The van der Waals surface area contributed by atoms with E-state index in [4.69, 9.17) is 14.2 Å². The van der Waals surface area contributed by atoms with Gasteiger partial charge in [0.15, 0.2) is 17.3 Å². The largest absolute Gasteiger partial charge is 0.493 e. The number of ketones is 1. The highest BCUT2D eigenvalue weighted by Crippen LogP contribution is 2.35. The second-order valence-corrected chi connectivity index (χ2v) is 5.01. The first-order valence-electron chi connectivity index (χ1n) is 6.90. The molecule has 0 atom stereocenters. The van der Waals surface area contributed by atoms with Gasteiger partial charge in [0.25, 0.3) is 0 Å². The number of hydrogen-bond acceptors (Lipinski definition) is 4. The highest BCUT2D eigenvalue weighted by atomic mass is 16.5. The zero-order chi connectivity index (χ0) is 15.7. The molecule has 3 rings (SSSR count). The number of ether oxygens (including phenoxy) is 3. The Morgan fingerprint density at radius 3 is 2.48 bits per heavy atom. The molecule has 0 N–H and O–H groups in total. The van der Waals surface area contributed by atoms with Crippen LogP contribution in [-0.4, -0.2) is 20.0 Å². The fraction of sp³-hybridized carbons (Fsp3) is 0.211. The van der Waals surface area contributed by atoms with Crippen LogP contribution < -0.4 is 14.2 Å². The maximum atomic E-state index is 12.3. The van der Waals surface area contributed by atoms with Crippen molar-refractivity contribution in [3.05, 3.63) is 58.8 Å². The molecule has 0 fully saturated rings. The number of fused-ring (bicyclic) bond motifs is 1. The SMILES string of the molecule is C.COc1cc(/C=C2\Oc3ccccc3C2=O)cc(C)c1OC. The number of aryl methyl sites for hydroxylation is 1. The fourth-order valence-corrected chi connectivity index (χ4v) is 2.55. The minimum absolute atomic E-state index is 0. The third kappa shape index (κ3) is 2.93. The van der Waals surface area contributed by atoms with Crippen LogP contribution in [0.25, 0.3) is 6.08 Å². The Morgan fingerprint density at radius 2 is 1.83 bits per heavy atom. The summed E-state index contributed by atoms with van der Waals surface area (Å²) in [6.07, 6.45) is 1.72. The van der Waals surface area contributed by atoms with Gasteiger partial charge in [0, 0.05) is 0 Å².